The maximum Gasteiger partial charge on any atom is 0.211 e. The fourth-order valence-electron chi connectivity index (χ4n) is 4.43. The predicted octanol–water partition coefficient (Wildman–Crippen LogP) is 7.18. The third-order valence-corrected chi connectivity index (χ3v) is 6.63. The Balaban J connectivity index is 2.01. The van der Waals surface area contributed by atoms with E-state index in [2.05, 4.69) is 86.7 Å². The zero-order valence-electron chi connectivity index (χ0n) is 15.4. The van der Waals surface area contributed by atoms with E-state index >= 15 is 0 Å². The first-order valence-corrected chi connectivity index (χ1v) is 10.3. The monoisotopic (exact) mass is 430 g/mol. The standard InChI is InChI=1S/C22H28BI/c1-15-5-11-21(17(3)13-15)23(19-7-9-20(24)10-8-19)22-12-6-16(2)14-18(22)4/h5-7,9,11,14-15,22H,8,10,12-13H2,1-4H3/t15?,22-/m1/s1. The van der Waals surface area contributed by atoms with Crippen LogP contribution in [0.25, 0.3) is 0 Å². The fraction of sp³-hybridized carbons (Fsp3) is 0.455. The van der Waals surface area contributed by atoms with Gasteiger partial charge in [-0.3, -0.25) is 0 Å². The van der Waals surface area contributed by atoms with Gasteiger partial charge in [0.05, 0.1) is 0 Å². The van der Waals surface area contributed by atoms with Crippen molar-refractivity contribution in [3.05, 3.63) is 67.7 Å². The Morgan fingerprint density at radius 1 is 1.12 bits per heavy atom. The highest BCUT2D eigenvalue weighted by atomic mass is 127. The average molecular weight is 430 g/mol. The molecule has 2 heteroatoms. The summed E-state index contributed by atoms with van der Waals surface area (Å²) in [6.45, 7) is 9.80. The minimum atomic E-state index is 0.551. The normalized spacial score (nSPS) is 27.4. The van der Waals surface area contributed by atoms with Crippen LogP contribution < -0.4 is 0 Å². The Bertz CT molecular complexity index is 699. The van der Waals surface area contributed by atoms with Gasteiger partial charge in [0.2, 0.25) is 6.71 Å². The van der Waals surface area contributed by atoms with Gasteiger partial charge in [0.15, 0.2) is 0 Å². The summed E-state index contributed by atoms with van der Waals surface area (Å²) in [5.74, 6) is 1.30. The molecule has 0 aromatic heterocycles. The molecule has 0 heterocycles. The van der Waals surface area contributed by atoms with Crippen LogP contribution in [0, 0.1) is 5.92 Å². The molecule has 2 atom stereocenters. The van der Waals surface area contributed by atoms with E-state index in [1.54, 1.807) is 22.1 Å². The molecule has 3 aliphatic rings. The molecule has 0 fully saturated rings. The number of hydrogen-bond acceptors (Lipinski definition) is 0. The molecule has 0 aliphatic heterocycles. The van der Waals surface area contributed by atoms with Gasteiger partial charge in [0.1, 0.15) is 0 Å². The lowest BCUT2D eigenvalue weighted by atomic mass is 9.29. The van der Waals surface area contributed by atoms with E-state index in [4.69, 9.17) is 0 Å². The zero-order chi connectivity index (χ0) is 17.3. The minimum absolute atomic E-state index is 0.551. The second kappa shape index (κ2) is 7.64. The van der Waals surface area contributed by atoms with Gasteiger partial charge < -0.3 is 0 Å². The smallest absolute Gasteiger partial charge is 0.0945 e. The molecule has 0 saturated carbocycles. The van der Waals surface area contributed by atoms with Crippen LogP contribution >= 0.6 is 22.6 Å². The summed E-state index contributed by atoms with van der Waals surface area (Å²) < 4.78 is 1.49. The fourth-order valence-corrected chi connectivity index (χ4v) is 4.88. The van der Waals surface area contributed by atoms with E-state index in [-0.39, 0.29) is 0 Å². The van der Waals surface area contributed by atoms with Crippen LogP contribution in [0.1, 0.15) is 53.4 Å². The molecule has 0 nitrogen and oxygen atoms in total. The highest BCUT2D eigenvalue weighted by molar-refractivity contribution is 14.1. The molecule has 0 aromatic carbocycles. The van der Waals surface area contributed by atoms with Crippen molar-refractivity contribution < 1.29 is 0 Å². The van der Waals surface area contributed by atoms with Gasteiger partial charge in [0, 0.05) is 0 Å². The molecule has 0 bridgehead atoms. The molecular weight excluding hydrogens is 402 g/mol. The maximum absolute atomic E-state index is 2.48. The molecule has 0 amide bonds. The van der Waals surface area contributed by atoms with Crippen molar-refractivity contribution in [3.8, 4) is 0 Å². The van der Waals surface area contributed by atoms with Crippen molar-refractivity contribution in [2.24, 2.45) is 5.92 Å². The second-order valence-electron chi connectivity index (χ2n) is 7.79. The van der Waals surface area contributed by atoms with Gasteiger partial charge in [-0.1, -0.05) is 71.0 Å². The molecular formula is C22H28BI. The molecule has 126 valence electrons. The first kappa shape index (κ1) is 18.0. The number of rotatable bonds is 3. The first-order valence-electron chi connectivity index (χ1n) is 9.23. The molecule has 0 aromatic rings. The molecule has 0 spiro atoms. The van der Waals surface area contributed by atoms with E-state index in [1.165, 1.54) is 34.8 Å². The third-order valence-electron chi connectivity index (χ3n) is 5.73. The van der Waals surface area contributed by atoms with Crippen molar-refractivity contribution in [2.75, 3.05) is 0 Å². The highest BCUT2D eigenvalue weighted by Crippen LogP contribution is 2.42. The van der Waals surface area contributed by atoms with Crippen molar-refractivity contribution in [2.45, 2.75) is 59.2 Å². The number of halogens is 1. The van der Waals surface area contributed by atoms with Crippen LogP contribution in [0.15, 0.2) is 67.7 Å². The molecule has 24 heavy (non-hydrogen) atoms. The summed E-state index contributed by atoms with van der Waals surface area (Å²) in [5.41, 5.74) is 7.80. The van der Waals surface area contributed by atoms with E-state index in [0.29, 0.717) is 18.4 Å². The van der Waals surface area contributed by atoms with E-state index in [9.17, 15) is 0 Å². The van der Waals surface area contributed by atoms with Gasteiger partial charge in [-0.05, 0) is 84.4 Å². The van der Waals surface area contributed by atoms with E-state index < -0.39 is 0 Å². The molecule has 0 saturated heterocycles. The van der Waals surface area contributed by atoms with Crippen molar-refractivity contribution in [1.29, 1.82) is 0 Å². The van der Waals surface area contributed by atoms with Crippen LogP contribution in [0.3, 0.4) is 0 Å². The van der Waals surface area contributed by atoms with Gasteiger partial charge in [0.25, 0.3) is 0 Å². The van der Waals surface area contributed by atoms with Gasteiger partial charge in [-0.25, -0.2) is 0 Å². The summed E-state index contributed by atoms with van der Waals surface area (Å²) in [5, 5.41) is 0. The number of allylic oxidation sites excluding steroid dienone is 12. The highest BCUT2D eigenvalue weighted by Gasteiger charge is 2.35. The topological polar surface area (TPSA) is 0 Å². The largest absolute Gasteiger partial charge is 0.211 e. The SMILES string of the molecule is CC1=CC[C@@H](B(C2=CC=C(I)CC2)C2=C(C)CC(C)C=C2)C(C)=C1. The minimum Gasteiger partial charge on any atom is -0.0945 e. The second-order valence-corrected chi connectivity index (χ2v) is 9.17. The van der Waals surface area contributed by atoms with Crippen LogP contribution in [-0.4, -0.2) is 6.71 Å². The van der Waals surface area contributed by atoms with E-state index in [0.717, 1.165) is 0 Å². The van der Waals surface area contributed by atoms with Gasteiger partial charge in [-0.15, -0.1) is 0 Å². The summed E-state index contributed by atoms with van der Waals surface area (Å²) in [4.78, 5) is 0. The lowest BCUT2D eigenvalue weighted by Crippen LogP contribution is -2.30. The molecule has 3 aliphatic carbocycles. The Morgan fingerprint density at radius 3 is 2.54 bits per heavy atom. The molecule has 0 N–H and O–H groups in total. The Morgan fingerprint density at radius 2 is 1.92 bits per heavy atom. The Labute approximate surface area is 161 Å². The summed E-state index contributed by atoms with van der Waals surface area (Å²) in [6.07, 6.45) is 19.3. The van der Waals surface area contributed by atoms with Gasteiger partial charge in [-0.2, -0.15) is 0 Å². The molecule has 3 rings (SSSR count). The lowest BCUT2D eigenvalue weighted by Gasteiger charge is -2.33. The van der Waals surface area contributed by atoms with Crippen LogP contribution in [0.5, 0.6) is 0 Å². The number of hydrogen-bond donors (Lipinski definition) is 0. The third kappa shape index (κ3) is 3.90. The Kier molecular flexibility index (Phi) is 5.74. The summed E-state index contributed by atoms with van der Waals surface area (Å²) in [6, 6.07) is 0. The van der Waals surface area contributed by atoms with Crippen molar-refractivity contribution in [3.63, 3.8) is 0 Å². The lowest BCUT2D eigenvalue weighted by molar-refractivity contribution is 0.703. The Hall–Kier alpha value is -0.765. The zero-order valence-corrected chi connectivity index (χ0v) is 17.6. The van der Waals surface area contributed by atoms with E-state index in [1.807, 2.05) is 0 Å². The van der Waals surface area contributed by atoms with Crippen LogP contribution in [-0.2, 0) is 0 Å². The molecule has 1 unspecified atom stereocenters. The quantitative estimate of drug-likeness (QED) is 0.329. The van der Waals surface area contributed by atoms with Crippen molar-refractivity contribution >= 4 is 29.3 Å². The summed E-state index contributed by atoms with van der Waals surface area (Å²) in [7, 11) is 0. The predicted molar refractivity (Wildman–Crippen MR) is 117 cm³/mol. The summed E-state index contributed by atoms with van der Waals surface area (Å²) >= 11 is 2.48. The average Bonchev–Trinajstić information content (AvgIpc) is 2.53. The van der Waals surface area contributed by atoms with Crippen LogP contribution in [0.4, 0.5) is 0 Å². The first-order chi connectivity index (χ1) is 11.5. The van der Waals surface area contributed by atoms with Crippen LogP contribution in [0.2, 0.25) is 5.82 Å². The van der Waals surface area contributed by atoms with Crippen molar-refractivity contribution in [1.82, 2.24) is 0 Å². The maximum atomic E-state index is 2.48. The van der Waals surface area contributed by atoms with Gasteiger partial charge >= 0.3 is 0 Å². The molecule has 0 radical (unpaired) electrons.